The lowest BCUT2D eigenvalue weighted by Gasteiger charge is -2.29. The second-order valence-corrected chi connectivity index (χ2v) is 7.61. The van der Waals surface area contributed by atoms with Gasteiger partial charge in [0.05, 0.1) is 0 Å². The van der Waals surface area contributed by atoms with Crippen molar-refractivity contribution >= 4 is 23.4 Å². The molecule has 1 fully saturated rings. The maximum Gasteiger partial charge on any atom is 0.255 e. The van der Waals surface area contributed by atoms with Crippen LogP contribution >= 0.6 is 0 Å². The summed E-state index contributed by atoms with van der Waals surface area (Å²) in [6.45, 7) is 2.10. The molecule has 0 radical (unpaired) electrons. The summed E-state index contributed by atoms with van der Waals surface area (Å²) in [7, 11) is 0. The number of hydrogen-bond acceptors (Lipinski definition) is 5. The number of imide groups is 1. The quantitative estimate of drug-likeness (QED) is 0.422. The van der Waals surface area contributed by atoms with E-state index >= 15 is 0 Å². The van der Waals surface area contributed by atoms with Crippen LogP contribution in [0.1, 0.15) is 67.3 Å². The average Bonchev–Trinajstić information content (AvgIpc) is 3.00. The van der Waals surface area contributed by atoms with Crippen molar-refractivity contribution in [3.05, 3.63) is 29.3 Å². The van der Waals surface area contributed by atoms with E-state index in [2.05, 4.69) is 10.6 Å². The van der Waals surface area contributed by atoms with E-state index in [1.54, 1.807) is 4.90 Å². The number of amides is 3. The van der Waals surface area contributed by atoms with Gasteiger partial charge in [-0.3, -0.25) is 19.7 Å². The zero-order valence-electron chi connectivity index (χ0n) is 16.3. The van der Waals surface area contributed by atoms with E-state index in [0.29, 0.717) is 18.5 Å². The minimum Gasteiger partial charge on any atom is -0.385 e. The maximum atomic E-state index is 12.7. The fourth-order valence-electron chi connectivity index (χ4n) is 3.89. The van der Waals surface area contributed by atoms with Crippen LogP contribution in [-0.2, 0) is 16.1 Å². The molecular formula is C21H30N4O3. The first-order chi connectivity index (χ1) is 13.6. The monoisotopic (exact) mass is 386 g/mol. The van der Waals surface area contributed by atoms with E-state index in [9.17, 15) is 14.4 Å². The Morgan fingerprint density at radius 3 is 2.57 bits per heavy atom. The van der Waals surface area contributed by atoms with Crippen molar-refractivity contribution in [2.24, 2.45) is 5.73 Å². The summed E-state index contributed by atoms with van der Waals surface area (Å²) in [4.78, 5) is 37.7. The Bertz CT molecular complexity index is 734. The van der Waals surface area contributed by atoms with Crippen LogP contribution in [0.3, 0.4) is 0 Å². The number of fused-ring (bicyclic) bond motifs is 1. The van der Waals surface area contributed by atoms with E-state index in [4.69, 9.17) is 5.73 Å². The number of unbranched alkanes of at least 4 members (excludes halogenated alkanes) is 5. The number of carbonyl (C=O) groups excluding carboxylic acids is 3. The van der Waals surface area contributed by atoms with Gasteiger partial charge in [0.25, 0.3) is 5.91 Å². The summed E-state index contributed by atoms with van der Waals surface area (Å²) in [5.41, 5.74) is 8.08. The molecule has 152 valence electrons. The fraction of sp³-hybridized carbons (Fsp3) is 0.571. The molecule has 1 aromatic carbocycles. The third-order valence-electron chi connectivity index (χ3n) is 5.48. The third kappa shape index (κ3) is 4.90. The minimum absolute atomic E-state index is 0.131. The van der Waals surface area contributed by atoms with Crippen LogP contribution < -0.4 is 16.4 Å². The number of hydrogen-bond donors (Lipinski definition) is 3. The number of benzene rings is 1. The van der Waals surface area contributed by atoms with E-state index in [1.807, 2.05) is 18.2 Å². The normalized spacial score (nSPS) is 19.0. The summed E-state index contributed by atoms with van der Waals surface area (Å²) >= 11 is 0. The second-order valence-electron chi connectivity index (χ2n) is 7.61. The lowest BCUT2D eigenvalue weighted by atomic mass is 10.0. The van der Waals surface area contributed by atoms with Gasteiger partial charge in [-0.1, -0.05) is 25.7 Å². The van der Waals surface area contributed by atoms with Gasteiger partial charge in [-0.2, -0.15) is 0 Å². The van der Waals surface area contributed by atoms with Crippen LogP contribution in [0.2, 0.25) is 0 Å². The van der Waals surface area contributed by atoms with Gasteiger partial charge in [0.1, 0.15) is 6.04 Å². The number of nitrogens with zero attached hydrogens (tertiary/aromatic N) is 1. The van der Waals surface area contributed by atoms with Gasteiger partial charge in [-0.05, 0) is 49.6 Å². The summed E-state index contributed by atoms with van der Waals surface area (Å²) in [5, 5.41) is 5.76. The van der Waals surface area contributed by atoms with Crippen molar-refractivity contribution in [3.8, 4) is 0 Å². The predicted molar refractivity (Wildman–Crippen MR) is 108 cm³/mol. The fourth-order valence-corrected chi connectivity index (χ4v) is 3.89. The van der Waals surface area contributed by atoms with Crippen LogP contribution in [0.15, 0.2) is 18.2 Å². The number of piperidine rings is 1. The molecule has 0 saturated carbocycles. The molecule has 3 amide bonds. The highest BCUT2D eigenvalue weighted by atomic mass is 16.2. The first-order valence-electron chi connectivity index (χ1n) is 10.3. The summed E-state index contributed by atoms with van der Waals surface area (Å²) in [6.07, 6.45) is 7.78. The number of carbonyl (C=O) groups is 3. The molecule has 3 rings (SSSR count). The van der Waals surface area contributed by atoms with Crippen LogP contribution in [0.25, 0.3) is 0 Å². The molecule has 7 heteroatoms. The van der Waals surface area contributed by atoms with Crippen molar-refractivity contribution < 1.29 is 14.4 Å². The molecular weight excluding hydrogens is 356 g/mol. The molecule has 2 aliphatic rings. The Hall–Kier alpha value is -2.41. The van der Waals surface area contributed by atoms with Gasteiger partial charge in [0, 0.05) is 30.8 Å². The van der Waals surface area contributed by atoms with E-state index in [0.717, 1.165) is 37.2 Å². The van der Waals surface area contributed by atoms with Gasteiger partial charge in [-0.25, -0.2) is 0 Å². The lowest BCUT2D eigenvalue weighted by Crippen LogP contribution is -2.52. The molecule has 2 aliphatic heterocycles. The van der Waals surface area contributed by atoms with Gasteiger partial charge in [-0.15, -0.1) is 0 Å². The zero-order valence-corrected chi connectivity index (χ0v) is 16.3. The molecule has 4 N–H and O–H groups in total. The maximum absolute atomic E-state index is 12.7. The van der Waals surface area contributed by atoms with E-state index < -0.39 is 6.04 Å². The number of nitrogens with two attached hydrogens (primary N) is 1. The van der Waals surface area contributed by atoms with Gasteiger partial charge >= 0.3 is 0 Å². The molecule has 0 spiro atoms. The van der Waals surface area contributed by atoms with Crippen molar-refractivity contribution in [1.29, 1.82) is 0 Å². The van der Waals surface area contributed by atoms with Crippen LogP contribution in [0.4, 0.5) is 5.69 Å². The molecule has 2 heterocycles. The molecule has 0 bridgehead atoms. The van der Waals surface area contributed by atoms with Crippen molar-refractivity contribution in [1.82, 2.24) is 10.2 Å². The van der Waals surface area contributed by atoms with Crippen molar-refractivity contribution in [3.63, 3.8) is 0 Å². The zero-order chi connectivity index (χ0) is 19.9. The SMILES string of the molecule is NCCCCCCCCNc1ccc2c(c1)CN(C1CCC(=O)NC1=O)C2=O. The Morgan fingerprint density at radius 1 is 1.07 bits per heavy atom. The third-order valence-corrected chi connectivity index (χ3v) is 5.48. The first-order valence-corrected chi connectivity index (χ1v) is 10.3. The molecule has 1 atom stereocenters. The largest absolute Gasteiger partial charge is 0.385 e. The van der Waals surface area contributed by atoms with E-state index in [-0.39, 0.29) is 24.1 Å². The number of anilines is 1. The Labute approximate surface area is 166 Å². The molecule has 28 heavy (non-hydrogen) atoms. The van der Waals surface area contributed by atoms with Crippen LogP contribution in [0.5, 0.6) is 0 Å². The molecule has 1 unspecified atom stereocenters. The smallest absolute Gasteiger partial charge is 0.255 e. The molecule has 0 aromatic heterocycles. The standard InChI is InChI=1S/C21H30N4O3/c22-11-5-3-1-2-4-6-12-23-16-7-8-17-15(13-16)14-25(21(17)28)18-9-10-19(26)24-20(18)27/h7-8,13,18,23H,1-6,9-12,14,22H2,(H,24,26,27). The number of rotatable bonds is 10. The summed E-state index contributed by atoms with van der Waals surface area (Å²) in [5.74, 6) is -0.771. The minimum atomic E-state index is -0.562. The van der Waals surface area contributed by atoms with Crippen LogP contribution in [0, 0.1) is 0 Å². The first kappa shape index (κ1) is 20.3. The molecule has 1 saturated heterocycles. The van der Waals surface area contributed by atoms with Crippen LogP contribution in [-0.4, -0.2) is 41.8 Å². The Balaban J connectivity index is 1.48. The summed E-state index contributed by atoms with van der Waals surface area (Å²) in [6, 6.07) is 5.19. The van der Waals surface area contributed by atoms with Gasteiger partial charge in [0.15, 0.2) is 0 Å². The van der Waals surface area contributed by atoms with Crippen molar-refractivity contribution in [2.75, 3.05) is 18.4 Å². The average molecular weight is 386 g/mol. The lowest BCUT2D eigenvalue weighted by molar-refractivity contribution is -0.136. The number of nitrogens with one attached hydrogen (secondary N) is 2. The molecule has 1 aromatic rings. The highest BCUT2D eigenvalue weighted by molar-refractivity contribution is 6.05. The highest BCUT2D eigenvalue weighted by Crippen LogP contribution is 2.29. The van der Waals surface area contributed by atoms with Gasteiger partial charge < -0.3 is 16.0 Å². The summed E-state index contributed by atoms with van der Waals surface area (Å²) < 4.78 is 0. The predicted octanol–water partition coefficient (Wildman–Crippen LogP) is 2.16. The Kier molecular flexibility index (Phi) is 7.03. The second kappa shape index (κ2) is 9.68. The van der Waals surface area contributed by atoms with Gasteiger partial charge in [0.2, 0.25) is 11.8 Å². The Morgan fingerprint density at radius 2 is 1.82 bits per heavy atom. The van der Waals surface area contributed by atoms with E-state index in [1.165, 1.54) is 25.7 Å². The highest BCUT2D eigenvalue weighted by Gasteiger charge is 2.38. The molecule has 0 aliphatic carbocycles. The molecule has 7 nitrogen and oxygen atoms in total. The van der Waals surface area contributed by atoms with Crippen molar-refractivity contribution in [2.45, 2.75) is 64.0 Å². The topological polar surface area (TPSA) is 105 Å².